The number of hydrogen-bond acceptors (Lipinski definition) is 4. The molecule has 1 unspecified atom stereocenters. The van der Waals surface area contributed by atoms with Gasteiger partial charge in [0, 0.05) is 26.3 Å². The molecule has 5 nitrogen and oxygen atoms in total. The van der Waals surface area contributed by atoms with Crippen LogP contribution in [0.4, 0.5) is 10.1 Å². The number of carbonyl (C=O) groups excluding carboxylic acids is 1. The van der Waals surface area contributed by atoms with Gasteiger partial charge in [0.05, 0.1) is 24.8 Å². The van der Waals surface area contributed by atoms with Crippen LogP contribution >= 0.6 is 0 Å². The van der Waals surface area contributed by atoms with Crippen LogP contribution in [0.25, 0.3) is 0 Å². The number of rotatable bonds is 7. The number of aryl methyl sites for hydroxylation is 1. The van der Waals surface area contributed by atoms with Crippen LogP contribution in [-0.2, 0) is 16.1 Å². The number of benzene rings is 2. The molecular formula is C21H25FN2O3. The topological polar surface area (TPSA) is 50.8 Å². The number of fused-ring (bicyclic) bond motifs is 1. The summed E-state index contributed by atoms with van der Waals surface area (Å²) in [6, 6.07) is 12.7. The summed E-state index contributed by atoms with van der Waals surface area (Å²) in [5.41, 5.74) is 3.12. The predicted octanol–water partition coefficient (Wildman–Crippen LogP) is 3.05. The molecule has 0 aromatic heterocycles. The Morgan fingerprint density at radius 2 is 2.07 bits per heavy atom. The molecule has 1 aliphatic rings. The lowest BCUT2D eigenvalue weighted by molar-refractivity contribution is -0.121. The highest BCUT2D eigenvalue weighted by molar-refractivity contribution is 5.77. The lowest BCUT2D eigenvalue weighted by Gasteiger charge is -2.38. The minimum Gasteiger partial charge on any atom is -0.489 e. The highest BCUT2D eigenvalue weighted by atomic mass is 19.1. The third kappa shape index (κ3) is 4.98. The van der Waals surface area contributed by atoms with Gasteiger partial charge in [-0.25, -0.2) is 4.39 Å². The number of anilines is 1. The average Bonchev–Trinajstić information content (AvgIpc) is 2.65. The molecule has 2 aromatic carbocycles. The standard InChI is InChI=1S/C21H25FN2O3/c1-15-3-5-16(6-4-15)13-24-18(12-21(25)23-9-10-26-2)14-27-20-11-17(22)7-8-19(20)24/h3-8,11,18H,9-10,12-14H2,1-2H3,(H,23,25). The van der Waals surface area contributed by atoms with Crippen LogP contribution in [0.1, 0.15) is 17.5 Å². The lowest BCUT2D eigenvalue weighted by atomic mass is 10.1. The first kappa shape index (κ1) is 19.2. The van der Waals surface area contributed by atoms with Crippen LogP contribution in [-0.4, -0.2) is 38.8 Å². The van der Waals surface area contributed by atoms with E-state index in [1.165, 1.54) is 17.7 Å². The molecule has 1 N–H and O–H groups in total. The Morgan fingerprint density at radius 1 is 1.30 bits per heavy atom. The van der Waals surface area contributed by atoms with Gasteiger partial charge in [0.15, 0.2) is 0 Å². The van der Waals surface area contributed by atoms with Gasteiger partial charge in [-0.3, -0.25) is 4.79 Å². The number of amides is 1. The van der Waals surface area contributed by atoms with E-state index in [0.717, 1.165) is 11.3 Å². The van der Waals surface area contributed by atoms with E-state index in [2.05, 4.69) is 34.5 Å². The number of ether oxygens (including phenoxy) is 2. The van der Waals surface area contributed by atoms with Crippen LogP contribution < -0.4 is 15.0 Å². The second-order valence-electron chi connectivity index (χ2n) is 6.74. The number of halogens is 1. The Hall–Kier alpha value is -2.60. The van der Waals surface area contributed by atoms with E-state index in [0.29, 0.717) is 38.5 Å². The van der Waals surface area contributed by atoms with E-state index in [9.17, 15) is 9.18 Å². The van der Waals surface area contributed by atoms with Gasteiger partial charge in [0.25, 0.3) is 0 Å². The van der Waals surface area contributed by atoms with Gasteiger partial charge in [-0.2, -0.15) is 0 Å². The highest BCUT2D eigenvalue weighted by Gasteiger charge is 2.29. The summed E-state index contributed by atoms with van der Waals surface area (Å²) < 4.78 is 24.3. The minimum absolute atomic E-state index is 0.0554. The normalized spacial score (nSPS) is 15.8. The molecule has 3 rings (SSSR count). The Bertz CT molecular complexity index is 779. The Kier molecular flexibility index (Phi) is 6.29. The van der Waals surface area contributed by atoms with E-state index in [4.69, 9.17) is 9.47 Å². The van der Waals surface area contributed by atoms with Crippen LogP contribution in [0.5, 0.6) is 5.75 Å². The fourth-order valence-corrected chi connectivity index (χ4v) is 3.17. The summed E-state index contributed by atoms with van der Waals surface area (Å²) >= 11 is 0. The molecule has 0 fully saturated rings. The molecule has 1 amide bonds. The third-order valence-electron chi connectivity index (χ3n) is 4.63. The van der Waals surface area contributed by atoms with Crippen molar-refractivity contribution in [2.75, 3.05) is 31.8 Å². The smallest absolute Gasteiger partial charge is 0.222 e. The lowest BCUT2D eigenvalue weighted by Crippen LogP contribution is -2.45. The van der Waals surface area contributed by atoms with Gasteiger partial charge in [-0.1, -0.05) is 29.8 Å². The van der Waals surface area contributed by atoms with Crippen LogP contribution in [0.15, 0.2) is 42.5 Å². The van der Waals surface area contributed by atoms with Gasteiger partial charge in [0.1, 0.15) is 18.2 Å². The zero-order chi connectivity index (χ0) is 19.2. The second kappa shape index (κ2) is 8.86. The molecule has 2 aromatic rings. The fraction of sp³-hybridized carbons (Fsp3) is 0.381. The van der Waals surface area contributed by atoms with Crippen molar-refractivity contribution < 1.29 is 18.7 Å². The Morgan fingerprint density at radius 3 is 2.81 bits per heavy atom. The molecule has 1 atom stereocenters. The number of nitrogens with one attached hydrogen (secondary N) is 1. The van der Waals surface area contributed by atoms with Crippen LogP contribution in [0, 0.1) is 12.7 Å². The summed E-state index contributed by atoms with van der Waals surface area (Å²) in [4.78, 5) is 14.4. The minimum atomic E-state index is -0.334. The maximum absolute atomic E-state index is 13.6. The summed E-state index contributed by atoms with van der Waals surface area (Å²) in [5, 5.41) is 2.85. The largest absolute Gasteiger partial charge is 0.489 e. The van der Waals surface area contributed by atoms with E-state index in [1.807, 2.05) is 6.92 Å². The highest BCUT2D eigenvalue weighted by Crippen LogP contribution is 2.36. The molecule has 6 heteroatoms. The first-order chi connectivity index (χ1) is 13.1. The fourth-order valence-electron chi connectivity index (χ4n) is 3.17. The molecule has 0 aliphatic carbocycles. The number of carbonyl (C=O) groups is 1. The Labute approximate surface area is 159 Å². The number of hydrogen-bond donors (Lipinski definition) is 1. The zero-order valence-corrected chi connectivity index (χ0v) is 15.7. The maximum atomic E-state index is 13.6. The summed E-state index contributed by atoms with van der Waals surface area (Å²) in [5.74, 6) is 0.123. The van der Waals surface area contributed by atoms with Gasteiger partial charge < -0.3 is 19.7 Å². The molecule has 1 aliphatic heterocycles. The van der Waals surface area contributed by atoms with Gasteiger partial charge in [-0.15, -0.1) is 0 Å². The van der Waals surface area contributed by atoms with Crippen molar-refractivity contribution in [1.82, 2.24) is 5.32 Å². The third-order valence-corrected chi connectivity index (χ3v) is 4.63. The number of nitrogens with zero attached hydrogens (tertiary/aromatic N) is 1. The summed E-state index contributed by atoms with van der Waals surface area (Å²) in [6.07, 6.45) is 0.298. The molecular weight excluding hydrogens is 347 g/mol. The van der Waals surface area contributed by atoms with Gasteiger partial charge in [-0.05, 0) is 24.6 Å². The van der Waals surface area contributed by atoms with E-state index >= 15 is 0 Å². The van der Waals surface area contributed by atoms with Crippen molar-refractivity contribution in [2.45, 2.75) is 25.9 Å². The van der Waals surface area contributed by atoms with Crippen molar-refractivity contribution in [3.05, 3.63) is 59.4 Å². The predicted molar refractivity (Wildman–Crippen MR) is 103 cm³/mol. The molecule has 0 spiro atoms. The molecule has 0 saturated heterocycles. The maximum Gasteiger partial charge on any atom is 0.222 e. The zero-order valence-electron chi connectivity index (χ0n) is 15.7. The molecule has 0 bridgehead atoms. The second-order valence-corrected chi connectivity index (χ2v) is 6.74. The van der Waals surface area contributed by atoms with Crippen LogP contribution in [0.3, 0.4) is 0 Å². The molecule has 0 radical (unpaired) electrons. The van der Waals surface area contributed by atoms with Crippen molar-refractivity contribution >= 4 is 11.6 Å². The molecule has 0 saturated carbocycles. The van der Waals surface area contributed by atoms with E-state index < -0.39 is 0 Å². The van der Waals surface area contributed by atoms with Gasteiger partial charge >= 0.3 is 0 Å². The summed E-state index contributed by atoms with van der Waals surface area (Å²) in [7, 11) is 1.60. The molecule has 1 heterocycles. The van der Waals surface area contributed by atoms with Gasteiger partial charge in [0.2, 0.25) is 5.91 Å². The van der Waals surface area contributed by atoms with Crippen molar-refractivity contribution in [2.24, 2.45) is 0 Å². The monoisotopic (exact) mass is 372 g/mol. The Balaban J connectivity index is 1.79. The first-order valence-electron chi connectivity index (χ1n) is 9.07. The van der Waals surface area contributed by atoms with Crippen molar-refractivity contribution in [3.63, 3.8) is 0 Å². The number of methoxy groups -OCH3 is 1. The molecule has 27 heavy (non-hydrogen) atoms. The van der Waals surface area contributed by atoms with E-state index in [-0.39, 0.29) is 17.8 Å². The average molecular weight is 372 g/mol. The van der Waals surface area contributed by atoms with Crippen molar-refractivity contribution in [3.8, 4) is 5.75 Å². The van der Waals surface area contributed by atoms with Crippen LogP contribution in [0.2, 0.25) is 0 Å². The quantitative estimate of drug-likeness (QED) is 0.759. The van der Waals surface area contributed by atoms with Crippen molar-refractivity contribution in [1.29, 1.82) is 0 Å². The first-order valence-corrected chi connectivity index (χ1v) is 9.07. The molecule has 144 valence electrons. The summed E-state index contributed by atoms with van der Waals surface area (Å²) in [6.45, 7) is 3.95. The SMILES string of the molecule is COCCNC(=O)CC1COc2cc(F)ccc2N1Cc1ccc(C)cc1. The van der Waals surface area contributed by atoms with E-state index in [1.54, 1.807) is 13.2 Å².